The summed E-state index contributed by atoms with van der Waals surface area (Å²) in [6.07, 6.45) is 3.40. The summed E-state index contributed by atoms with van der Waals surface area (Å²) in [4.78, 5) is 2.26. The Bertz CT molecular complexity index is 445. The Hall–Kier alpha value is -1.24. The summed E-state index contributed by atoms with van der Waals surface area (Å²) in [5, 5.41) is 9.83. The molecular weight excluding hydrogens is 246 g/mol. The average molecular weight is 264 g/mol. The van der Waals surface area contributed by atoms with Crippen molar-refractivity contribution < 1.29 is 0 Å². The standard InChI is InChI=1S/C14H18ClN3/c15-13-2-1-12(10-17)14(9-13)18-7-4-11(3-6-16)5-8-18/h1-2,9,11H,3-8,16H2. The second-order valence-electron chi connectivity index (χ2n) is 4.78. The molecule has 18 heavy (non-hydrogen) atoms. The Kier molecular flexibility index (Phi) is 4.46. The lowest BCUT2D eigenvalue weighted by Gasteiger charge is -2.34. The van der Waals surface area contributed by atoms with Crippen molar-refractivity contribution >= 4 is 17.3 Å². The van der Waals surface area contributed by atoms with Crippen molar-refractivity contribution in [2.75, 3.05) is 24.5 Å². The van der Waals surface area contributed by atoms with Gasteiger partial charge in [0.15, 0.2) is 0 Å². The van der Waals surface area contributed by atoms with Crippen LogP contribution in [0.15, 0.2) is 18.2 Å². The molecule has 1 aromatic carbocycles. The van der Waals surface area contributed by atoms with Gasteiger partial charge in [0, 0.05) is 18.1 Å². The number of nitriles is 1. The lowest BCUT2D eigenvalue weighted by atomic mass is 9.93. The van der Waals surface area contributed by atoms with Crippen LogP contribution < -0.4 is 10.6 Å². The second-order valence-corrected chi connectivity index (χ2v) is 5.22. The summed E-state index contributed by atoms with van der Waals surface area (Å²) >= 11 is 6.02. The Morgan fingerprint density at radius 2 is 2.11 bits per heavy atom. The molecule has 0 aromatic heterocycles. The van der Waals surface area contributed by atoms with Crippen LogP contribution in [0.2, 0.25) is 5.02 Å². The van der Waals surface area contributed by atoms with Crippen LogP contribution in [0.1, 0.15) is 24.8 Å². The van der Waals surface area contributed by atoms with Crippen molar-refractivity contribution in [3.8, 4) is 6.07 Å². The molecule has 0 bridgehead atoms. The van der Waals surface area contributed by atoms with E-state index in [4.69, 9.17) is 22.6 Å². The molecule has 0 spiro atoms. The number of nitrogens with zero attached hydrogens (tertiary/aromatic N) is 2. The quantitative estimate of drug-likeness (QED) is 0.912. The van der Waals surface area contributed by atoms with Crippen molar-refractivity contribution in [2.24, 2.45) is 11.7 Å². The highest BCUT2D eigenvalue weighted by Crippen LogP contribution is 2.29. The summed E-state index contributed by atoms with van der Waals surface area (Å²) < 4.78 is 0. The number of halogens is 1. The van der Waals surface area contributed by atoms with Gasteiger partial charge in [-0.15, -0.1) is 0 Å². The number of rotatable bonds is 3. The first-order chi connectivity index (χ1) is 8.74. The number of hydrogen-bond donors (Lipinski definition) is 1. The highest BCUT2D eigenvalue weighted by Gasteiger charge is 2.20. The monoisotopic (exact) mass is 263 g/mol. The molecule has 1 heterocycles. The van der Waals surface area contributed by atoms with E-state index in [1.807, 2.05) is 6.07 Å². The Morgan fingerprint density at radius 1 is 1.39 bits per heavy atom. The number of piperidine rings is 1. The van der Waals surface area contributed by atoms with Crippen LogP contribution in [-0.4, -0.2) is 19.6 Å². The topological polar surface area (TPSA) is 53.0 Å². The summed E-state index contributed by atoms with van der Waals surface area (Å²) in [5.41, 5.74) is 7.27. The molecule has 1 fully saturated rings. The third-order valence-corrected chi connectivity index (χ3v) is 3.85. The molecular formula is C14H18ClN3. The van der Waals surface area contributed by atoms with Gasteiger partial charge in [0.2, 0.25) is 0 Å². The third kappa shape index (κ3) is 2.95. The van der Waals surface area contributed by atoms with Crippen molar-refractivity contribution in [1.82, 2.24) is 0 Å². The molecule has 0 amide bonds. The van der Waals surface area contributed by atoms with Crippen LogP contribution >= 0.6 is 11.6 Å². The summed E-state index contributed by atoms with van der Waals surface area (Å²) in [5.74, 6) is 0.732. The zero-order chi connectivity index (χ0) is 13.0. The molecule has 0 atom stereocenters. The fraction of sp³-hybridized carbons (Fsp3) is 0.500. The fourth-order valence-electron chi connectivity index (χ4n) is 2.56. The molecule has 0 aliphatic carbocycles. The van der Waals surface area contributed by atoms with Gasteiger partial charge in [0.1, 0.15) is 6.07 Å². The van der Waals surface area contributed by atoms with E-state index in [1.54, 1.807) is 12.1 Å². The van der Waals surface area contributed by atoms with Crippen LogP contribution in [0.4, 0.5) is 5.69 Å². The minimum atomic E-state index is 0.688. The molecule has 2 N–H and O–H groups in total. The normalized spacial score (nSPS) is 16.6. The van der Waals surface area contributed by atoms with Gasteiger partial charge in [0.25, 0.3) is 0 Å². The fourth-order valence-corrected chi connectivity index (χ4v) is 2.73. The van der Waals surface area contributed by atoms with Crippen LogP contribution in [0, 0.1) is 17.2 Å². The zero-order valence-electron chi connectivity index (χ0n) is 10.4. The molecule has 4 heteroatoms. The van der Waals surface area contributed by atoms with Gasteiger partial charge < -0.3 is 10.6 Å². The first kappa shape index (κ1) is 13.2. The minimum absolute atomic E-state index is 0.688. The van der Waals surface area contributed by atoms with E-state index in [-0.39, 0.29) is 0 Å². The van der Waals surface area contributed by atoms with E-state index in [1.165, 1.54) is 0 Å². The highest BCUT2D eigenvalue weighted by atomic mass is 35.5. The van der Waals surface area contributed by atoms with E-state index in [9.17, 15) is 0 Å². The van der Waals surface area contributed by atoms with Crippen LogP contribution in [0.3, 0.4) is 0 Å². The van der Waals surface area contributed by atoms with Crippen LogP contribution in [-0.2, 0) is 0 Å². The first-order valence-electron chi connectivity index (χ1n) is 6.39. The largest absolute Gasteiger partial charge is 0.370 e. The summed E-state index contributed by atoms with van der Waals surface area (Å²) in [6.45, 7) is 2.74. The van der Waals surface area contributed by atoms with E-state index in [0.29, 0.717) is 10.6 Å². The average Bonchev–Trinajstić information content (AvgIpc) is 2.40. The lowest BCUT2D eigenvalue weighted by Crippen LogP contribution is -2.34. The molecule has 1 aliphatic rings. The number of anilines is 1. The molecule has 0 unspecified atom stereocenters. The Labute approximate surface area is 113 Å². The van der Waals surface area contributed by atoms with E-state index >= 15 is 0 Å². The van der Waals surface area contributed by atoms with E-state index in [2.05, 4.69) is 11.0 Å². The van der Waals surface area contributed by atoms with Crippen molar-refractivity contribution in [2.45, 2.75) is 19.3 Å². The van der Waals surface area contributed by atoms with E-state index in [0.717, 1.165) is 50.5 Å². The van der Waals surface area contributed by atoms with Crippen molar-refractivity contribution in [3.05, 3.63) is 28.8 Å². The van der Waals surface area contributed by atoms with E-state index < -0.39 is 0 Å². The summed E-state index contributed by atoms with van der Waals surface area (Å²) in [7, 11) is 0. The molecule has 1 aromatic rings. The molecule has 0 radical (unpaired) electrons. The Balaban J connectivity index is 2.10. The number of hydrogen-bond acceptors (Lipinski definition) is 3. The van der Waals surface area contributed by atoms with Gasteiger partial charge >= 0.3 is 0 Å². The molecule has 96 valence electrons. The van der Waals surface area contributed by atoms with Crippen molar-refractivity contribution in [3.63, 3.8) is 0 Å². The van der Waals surface area contributed by atoms with Gasteiger partial charge in [-0.1, -0.05) is 11.6 Å². The van der Waals surface area contributed by atoms with Gasteiger partial charge in [-0.2, -0.15) is 5.26 Å². The predicted molar refractivity (Wildman–Crippen MR) is 74.8 cm³/mol. The van der Waals surface area contributed by atoms with Gasteiger partial charge in [-0.05, 0) is 49.9 Å². The number of nitrogens with two attached hydrogens (primary N) is 1. The predicted octanol–water partition coefficient (Wildman–Crippen LogP) is 2.78. The highest BCUT2D eigenvalue weighted by molar-refractivity contribution is 6.30. The van der Waals surface area contributed by atoms with Crippen LogP contribution in [0.5, 0.6) is 0 Å². The Morgan fingerprint density at radius 3 is 2.72 bits per heavy atom. The van der Waals surface area contributed by atoms with Gasteiger partial charge in [-0.25, -0.2) is 0 Å². The van der Waals surface area contributed by atoms with Gasteiger partial charge in [-0.3, -0.25) is 0 Å². The number of benzene rings is 1. The maximum absolute atomic E-state index is 9.14. The summed E-state index contributed by atoms with van der Waals surface area (Å²) in [6, 6.07) is 7.69. The SMILES string of the molecule is N#Cc1ccc(Cl)cc1N1CCC(CCN)CC1. The van der Waals surface area contributed by atoms with Crippen molar-refractivity contribution in [1.29, 1.82) is 5.26 Å². The van der Waals surface area contributed by atoms with Crippen LogP contribution in [0.25, 0.3) is 0 Å². The smallest absolute Gasteiger partial charge is 0.101 e. The molecule has 1 aliphatic heterocycles. The molecule has 2 rings (SSSR count). The van der Waals surface area contributed by atoms with Gasteiger partial charge in [0.05, 0.1) is 11.3 Å². The maximum Gasteiger partial charge on any atom is 0.101 e. The molecule has 0 saturated carbocycles. The minimum Gasteiger partial charge on any atom is -0.370 e. The maximum atomic E-state index is 9.14. The molecule has 1 saturated heterocycles. The second kappa shape index (κ2) is 6.08. The lowest BCUT2D eigenvalue weighted by molar-refractivity contribution is 0.386. The zero-order valence-corrected chi connectivity index (χ0v) is 11.2. The first-order valence-corrected chi connectivity index (χ1v) is 6.77. The third-order valence-electron chi connectivity index (χ3n) is 3.61. The molecule has 3 nitrogen and oxygen atoms in total.